The van der Waals surface area contributed by atoms with Crippen molar-refractivity contribution in [2.45, 2.75) is 13.8 Å². The van der Waals surface area contributed by atoms with Crippen molar-refractivity contribution in [1.82, 2.24) is 0 Å². The zero-order chi connectivity index (χ0) is 19.0. The molecule has 1 aliphatic heterocycles. The maximum absolute atomic E-state index is 12.4. The Balaban J connectivity index is 1.61. The molecule has 1 heterocycles. The largest absolute Gasteiger partial charge is 0.457 e. The molecule has 0 saturated heterocycles. The van der Waals surface area contributed by atoms with Crippen LogP contribution in [0.1, 0.15) is 16.7 Å². The summed E-state index contributed by atoms with van der Waals surface area (Å²) in [6.45, 7) is 3.99. The molecule has 27 heavy (non-hydrogen) atoms. The zero-order valence-corrected chi connectivity index (χ0v) is 16.5. The molecule has 3 aromatic rings. The van der Waals surface area contributed by atoms with E-state index < -0.39 is 0 Å². The van der Waals surface area contributed by atoms with Gasteiger partial charge >= 0.3 is 0 Å². The first kappa shape index (κ1) is 17.5. The minimum absolute atomic E-state index is 0.189. The van der Waals surface area contributed by atoms with Gasteiger partial charge in [0, 0.05) is 10.0 Å². The van der Waals surface area contributed by atoms with Crippen LogP contribution < -0.4 is 10.1 Å². The number of amides is 1. The Morgan fingerprint density at radius 3 is 2.48 bits per heavy atom. The fourth-order valence-electron chi connectivity index (χ4n) is 3.03. The smallest absolute Gasteiger partial charge is 0.275 e. The lowest BCUT2D eigenvalue weighted by atomic mass is 10.1. The van der Waals surface area contributed by atoms with Gasteiger partial charge in [0.1, 0.15) is 17.2 Å². The van der Waals surface area contributed by atoms with E-state index in [9.17, 15) is 4.79 Å². The molecular formula is C22H17BrN2O2. The molecule has 4 rings (SSSR count). The predicted octanol–water partition coefficient (Wildman–Crippen LogP) is 5.93. The standard InChI is InChI=1S/C22H17BrN2O2/c1-13-4-3-5-18(10-13)27-17-8-6-16(7-9-17)24-21-19-12-15(23)11-14(2)20(19)25-22(21)26/h3-12H,1-2H3,(H,24,25,26). The number of anilines is 1. The zero-order valence-electron chi connectivity index (χ0n) is 14.9. The number of hydrogen-bond donors (Lipinski definition) is 1. The molecule has 0 aliphatic carbocycles. The number of aryl methyl sites for hydroxylation is 2. The maximum Gasteiger partial charge on any atom is 0.275 e. The number of carbonyl (C=O) groups excluding carboxylic acids is 1. The van der Waals surface area contributed by atoms with Crippen LogP contribution >= 0.6 is 15.9 Å². The first-order valence-electron chi connectivity index (χ1n) is 8.55. The molecule has 1 amide bonds. The highest BCUT2D eigenvalue weighted by Gasteiger charge is 2.27. The highest BCUT2D eigenvalue weighted by Crippen LogP contribution is 2.32. The lowest BCUT2D eigenvalue weighted by molar-refractivity contribution is -0.110. The second-order valence-corrected chi connectivity index (χ2v) is 7.39. The molecule has 0 radical (unpaired) electrons. The molecule has 5 heteroatoms. The van der Waals surface area contributed by atoms with E-state index in [-0.39, 0.29) is 5.91 Å². The van der Waals surface area contributed by atoms with Crippen LogP contribution in [0, 0.1) is 13.8 Å². The van der Waals surface area contributed by atoms with E-state index in [4.69, 9.17) is 4.74 Å². The number of ether oxygens (including phenoxy) is 1. The summed E-state index contributed by atoms with van der Waals surface area (Å²) in [4.78, 5) is 16.9. The van der Waals surface area contributed by atoms with Crippen LogP contribution in [-0.2, 0) is 4.79 Å². The Morgan fingerprint density at radius 1 is 0.963 bits per heavy atom. The quantitative estimate of drug-likeness (QED) is 0.570. The van der Waals surface area contributed by atoms with E-state index in [0.29, 0.717) is 11.4 Å². The van der Waals surface area contributed by atoms with Gasteiger partial charge in [-0.15, -0.1) is 0 Å². The minimum Gasteiger partial charge on any atom is -0.457 e. The Hall–Kier alpha value is -2.92. The molecule has 1 aliphatic rings. The Labute approximate surface area is 166 Å². The van der Waals surface area contributed by atoms with Gasteiger partial charge in [0.15, 0.2) is 0 Å². The van der Waals surface area contributed by atoms with Crippen molar-refractivity contribution in [2.75, 3.05) is 5.32 Å². The highest BCUT2D eigenvalue weighted by molar-refractivity contribution is 9.10. The van der Waals surface area contributed by atoms with Crippen molar-refractivity contribution in [3.8, 4) is 11.5 Å². The Kier molecular flexibility index (Phi) is 4.54. The van der Waals surface area contributed by atoms with Crippen molar-refractivity contribution in [2.24, 2.45) is 4.99 Å². The fraction of sp³-hybridized carbons (Fsp3) is 0.0909. The third kappa shape index (κ3) is 3.64. The van der Waals surface area contributed by atoms with Gasteiger partial charge in [0.05, 0.1) is 11.4 Å². The molecule has 1 N–H and O–H groups in total. The van der Waals surface area contributed by atoms with Gasteiger partial charge in [-0.05, 0) is 73.5 Å². The van der Waals surface area contributed by atoms with Crippen LogP contribution in [-0.4, -0.2) is 11.6 Å². The Morgan fingerprint density at radius 2 is 1.74 bits per heavy atom. The third-order valence-electron chi connectivity index (χ3n) is 4.31. The number of rotatable bonds is 3. The van der Waals surface area contributed by atoms with Crippen LogP contribution in [0.4, 0.5) is 11.4 Å². The van der Waals surface area contributed by atoms with Crippen molar-refractivity contribution in [3.05, 3.63) is 81.8 Å². The van der Waals surface area contributed by atoms with Gasteiger partial charge in [-0.2, -0.15) is 0 Å². The van der Waals surface area contributed by atoms with Crippen molar-refractivity contribution in [1.29, 1.82) is 0 Å². The van der Waals surface area contributed by atoms with Gasteiger partial charge in [-0.1, -0.05) is 28.1 Å². The molecule has 0 saturated carbocycles. The van der Waals surface area contributed by atoms with E-state index in [0.717, 1.165) is 38.3 Å². The van der Waals surface area contributed by atoms with Gasteiger partial charge in [-0.3, -0.25) is 4.79 Å². The third-order valence-corrected chi connectivity index (χ3v) is 4.77. The first-order valence-corrected chi connectivity index (χ1v) is 9.34. The van der Waals surface area contributed by atoms with Gasteiger partial charge in [-0.25, -0.2) is 4.99 Å². The SMILES string of the molecule is Cc1cccc(Oc2ccc(N=C3C(=O)Nc4c(C)cc(Br)cc43)cc2)c1. The number of halogens is 1. The Bertz CT molecular complexity index is 1070. The summed E-state index contributed by atoms with van der Waals surface area (Å²) in [6.07, 6.45) is 0. The van der Waals surface area contributed by atoms with E-state index >= 15 is 0 Å². The van der Waals surface area contributed by atoms with Crippen LogP contribution in [0.5, 0.6) is 11.5 Å². The molecule has 0 aromatic heterocycles. The van der Waals surface area contributed by atoms with Gasteiger partial charge in [0.25, 0.3) is 5.91 Å². The topological polar surface area (TPSA) is 50.7 Å². The maximum atomic E-state index is 12.4. The number of aliphatic imine (C=N–C) groups is 1. The minimum atomic E-state index is -0.189. The summed E-state index contributed by atoms with van der Waals surface area (Å²) < 4.78 is 6.78. The summed E-state index contributed by atoms with van der Waals surface area (Å²) in [5, 5.41) is 2.90. The molecule has 0 unspecified atom stereocenters. The summed E-state index contributed by atoms with van der Waals surface area (Å²) in [6, 6.07) is 19.1. The fourth-order valence-corrected chi connectivity index (χ4v) is 3.61. The second-order valence-electron chi connectivity index (χ2n) is 6.47. The van der Waals surface area contributed by atoms with E-state index in [1.165, 1.54) is 0 Å². The lowest BCUT2D eigenvalue weighted by Crippen LogP contribution is -2.13. The number of benzene rings is 3. The van der Waals surface area contributed by atoms with Crippen molar-refractivity contribution in [3.63, 3.8) is 0 Å². The summed E-state index contributed by atoms with van der Waals surface area (Å²) in [5.41, 5.74) is 4.89. The predicted molar refractivity (Wildman–Crippen MR) is 111 cm³/mol. The van der Waals surface area contributed by atoms with E-state index in [1.54, 1.807) is 0 Å². The van der Waals surface area contributed by atoms with Crippen LogP contribution in [0.3, 0.4) is 0 Å². The van der Waals surface area contributed by atoms with Crippen LogP contribution in [0.2, 0.25) is 0 Å². The number of carbonyl (C=O) groups is 1. The summed E-state index contributed by atoms with van der Waals surface area (Å²) in [7, 11) is 0. The normalized spacial score (nSPS) is 14.2. The molecule has 4 nitrogen and oxygen atoms in total. The molecule has 0 bridgehead atoms. The monoisotopic (exact) mass is 420 g/mol. The second kappa shape index (κ2) is 7.00. The summed E-state index contributed by atoms with van der Waals surface area (Å²) >= 11 is 3.48. The number of fused-ring (bicyclic) bond motifs is 1. The van der Waals surface area contributed by atoms with E-state index in [1.807, 2.05) is 74.5 Å². The molecule has 0 spiro atoms. The first-order chi connectivity index (χ1) is 13.0. The lowest BCUT2D eigenvalue weighted by Gasteiger charge is -2.06. The number of hydrogen-bond acceptors (Lipinski definition) is 3. The summed E-state index contributed by atoms with van der Waals surface area (Å²) in [5.74, 6) is 1.32. The average Bonchev–Trinajstić information content (AvgIpc) is 2.93. The van der Waals surface area contributed by atoms with Crippen LogP contribution in [0.15, 0.2) is 70.1 Å². The highest BCUT2D eigenvalue weighted by atomic mass is 79.9. The number of nitrogens with one attached hydrogen (secondary N) is 1. The molecular weight excluding hydrogens is 404 g/mol. The number of nitrogens with zero attached hydrogens (tertiary/aromatic N) is 1. The van der Waals surface area contributed by atoms with Crippen molar-refractivity contribution >= 4 is 38.9 Å². The van der Waals surface area contributed by atoms with Gasteiger partial charge in [0.2, 0.25) is 0 Å². The van der Waals surface area contributed by atoms with Crippen LogP contribution in [0.25, 0.3) is 0 Å². The van der Waals surface area contributed by atoms with Gasteiger partial charge < -0.3 is 10.1 Å². The van der Waals surface area contributed by atoms with E-state index in [2.05, 4.69) is 26.2 Å². The van der Waals surface area contributed by atoms with Crippen molar-refractivity contribution < 1.29 is 9.53 Å². The molecule has 0 atom stereocenters. The molecule has 3 aromatic carbocycles. The molecule has 134 valence electrons. The molecule has 0 fully saturated rings. The average molecular weight is 421 g/mol.